The number of nitrogens with zero attached hydrogens (tertiary/aromatic N) is 6. The van der Waals surface area contributed by atoms with Gasteiger partial charge in [-0.3, -0.25) is 9.88 Å². The lowest BCUT2D eigenvalue weighted by atomic mass is 10.0. The normalized spacial score (nSPS) is 14.8. The van der Waals surface area contributed by atoms with Crippen LogP contribution in [0.1, 0.15) is 22.6 Å². The van der Waals surface area contributed by atoms with Crippen molar-refractivity contribution in [1.82, 2.24) is 29.5 Å². The summed E-state index contributed by atoms with van der Waals surface area (Å²) in [6, 6.07) is 6.66. The summed E-state index contributed by atoms with van der Waals surface area (Å²) in [6.45, 7) is 1.34. The van der Waals surface area contributed by atoms with Gasteiger partial charge in [-0.05, 0) is 23.8 Å². The zero-order valence-corrected chi connectivity index (χ0v) is 16.5. The number of benzene rings is 1. The van der Waals surface area contributed by atoms with Crippen LogP contribution in [-0.4, -0.2) is 43.1 Å². The van der Waals surface area contributed by atoms with Gasteiger partial charge in [0.05, 0.1) is 19.2 Å². The Morgan fingerprint density at radius 1 is 1.23 bits per heavy atom. The van der Waals surface area contributed by atoms with E-state index >= 15 is 0 Å². The maximum atomic E-state index is 13.0. The average molecular weight is 429 g/mol. The summed E-state index contributed by atoms with van der Waals surface area (Å²) in [6.07, 6.45) is -2.96. The lowest BCUT2D eigenvalue weighted by Gasteiger charge is -2.27. The minimum Gasteiger partial charge on any atom is -0.494 e. The van der Waals surface area contributed by atoms with Crippen molar-refractivity contribution in [2.75, 3.05) is 19.4 Å². The van der Waals surface area contributed by atoms with Crippen LogP contribution < -0.4 is 10.5 Å². The molecule has 0 atom stereocenters. The van der Waals surface area contributed by atoms with Crippen molar-refractivity contribution in [3.05, 3.63) is 53.1 Å². The molecule has 160 valence electrons. The standard InChI is InChI=1S/C20H18F3N7O/c1-31-15-4-2-3-13-17(15)27-19(24)30-18(13)26-16(28-30)10-29-6-5-14-11(9-29)7-12(8-25-14)20(21,22)23/h2-4,7-8H,5-6,9-10H2,1H3,(H2,24,27). The number of hydrogen-bond acceptors (Lipinski definition) is 7. The second-order valence-corrected chi connectivity index (χ2v) is 7.38. The van der Waals surface area contributed by atoms with E-state index in [0.717, 1.165) is 11.6 Å². The Morgan fingerprint density at radius 3 is 2.84 bits per heavy atom. The molecule has 0 fully saturated rings. The van der Waals surface area contributed by atoms with E-state index in [1.807, 2.05) is 17.0 Å². The van der Waals surface area contributed by atoms with Gasteiger partial charge in [-0.15, -0.1) is 5.10 Å². The first kappa shape index (κ1) is 19.5. The summed E-state index contributed by atoms with van der Waals surface area (Å²) < 4.78 is 45.9. The van der Waals surface area contributed by atoms with Crippen molar-refractivity contribution < 1.29 is 17.9 Å². The Morgan fingerprint density at radius 2 is 2.06 bits per heavy atom. The first-order valence-corrected chi connectivity index (χ1v) is 9.58. The van der Waals surface area contributed by atoms with E-state index < -0.39 is 11.7 Å². The first-order chi connectivity index (χ1) is 14.8. The lowest BCUT2D eigenvalue weighted by Crippen LogP contribution is -2.31. The molecule has 1 aliphatic heterocycles. The molecule has 4 heterocycles. The third-order valence-electron chi connectivity index (χ3n) is 5.37. The molecule has 0 bridgehead atoms. The third-order valence-corrected chi connectivity index (χ3v) is 5.37. The van der Waals surface area contributed by atoms with Crippen molar-refractivity contribution in [3.8, 4) is 5.75 Å². The minimum atomic E-state index is -4.42. The zero-order chi connectivity index (χ0) is 21.8. The number of rotatable bonds is 3. The smallest absolute Gasteiger partial charge is 0.417 e. The maximum absolute atomic E-state index is 13.0. The second kappa shape index (κ2) is 7.05. The quantitative estimate of drug-likeness (QED) is 0.535. The van der Waals surface area contributed by atoms with Crippen LogP contribution in [0.5, 0.6) is 5.75 Å². The number of halogens is 3. The highest BCUT2D eigenvalue weighted by atomic mass is 19.4. The molecule has 2 N–H and O–H groups in total. The van der Waals surface area contributed by atoms with Gasteiger partial charge in [-0.1, -0.05) is 6.07 Å². The zero-order valence-electron chi connectivity index (χ0n) is 16.5. The van der Waals surface area contributed by atoms with Crippen LogP contribution in [0.3, 0.4) is 0 Å². The summed E-state index contributed by atoms with van der Waals surface area (Å²) in [7, 11) is 1.55. The van der Waals surface area contributed by atoms with Crippen LogP contribution in [0.15, 0.2) is 30.5 Å². The lowest BCUT2D eigenvalue weighted by molar-refractivity contribution is -0.137. The molecule has 4 aromatic rings. The number of aromatic nitrogens is 5. The molecule has 0 amide bonds. The van der Waals surface area contributed by atoms with Crippen LogP contribution in [0.2, 0.25) is 0 Å². The summed E-state index contributed by atoms with van der Waals surface area (Å²) in [5.41, 5.74) is 7.74. The largest absolute Gasteiger partial charge is 0.494 e. The highest BCUT2D eigenvalue weighted by Crippen LogP contribution is 2.31. The molecular formula is C20H18F3N7O. The van der Waals surface area contributed by atoms with Gasteiger partial charge < -0.3 is 10.5 Å². The molecule has 1 aliphatic rings. The highest BCUT2D eigenvalue weighted by molar-refractivity contribution is 5.95. The number of pyridine rings is 1. The van der Waals surface area contributed by atoms with Crippen LogP contribution in [0.4, 0.5) is 19.1 Å². The van der Waals surface area contributed by atoms with Crippen molar-refractivity contribution >= 4 is 22.5 Å². The number of nitrogen functional groups attached to an aromatic ring is 1. The molecule has 0 unspecified atom stereocenters. The number of alkyl halides is 3. The predicted octanol–water partition coefficient (Wildman–Crippen LogP) is 2.84. The summed E-state index contributed by atoms with van der Waals surface area (Å²) >= 11 is 0. The van der Waals surface area contributed by atoms with Gasteiger partial charge in [0.25, 0.3) is 0 Å². The molecule has 3 aromatic heterocycles. The highest BCUT2D eigenvalue weighted by Gasteiger charge is 2.32. The van der Waals surface area contributed by atoms with Gasteiger partial charge in [0.15, 0.2) is 11.5 Å². The van der Waals surface area contributed by atoms with Crippen molar-refractivity contribution in [1.29, 1.82) is 0 Å². The molecule has 5 rings (SSSR count). The van der Waals surface area contributed by atoms with Gasteiger partial charge in [-0.25, -0.2) is 9.97 Å². The average Bonchev–Trinajstić information content (AvgIpc) is 3.17. The van der Waals surface area contributed by atoms with Gasteiger partial charge >= 0.3 is 6.18 Å². The van der Waals surface area contributed by atoms with Gasteiger partial charge in [-0.2, -0.15) is 17.7 Å². The molecule has 0 radical (unpaired) electrons. The molecule has 0 saturated heterocycles. The van der Waals surface area contributed by atoms with Crippen molar-refractivity contribution in [3.63, 3.8) is 0 Å². The van der Waals surface area contributed by atoms with Gasteiger partial charge in [0.1, 0.15) is 11.3 Å². The maximum Gasteiger partial charge on any atom is 0.417 e. The van der Waals surface area contributed by atoms with E-state index in [0.29, 0.717) is 60.1 Å². The molecule has 8 nitrogen and oxygen atoms in total. The minimum absolute atomic E-state index is 0.175. The summed E-state index contributed by atoms with van der Waals surface area (Å²) in [5.74, 6) is 1.26. The summed E-state index contributed by atoms with van der Waals surface area (Å²) in [4.78, 5) is 15.0. The number of hydrogen-bond donors (Lipinski definition) is 1. The number of anilines is 1. The van der Waals surface area contributed by atoms with E-state index in [4.69, 9.17) is 10.5 Å². The Balaban J connectivity index is 1.46. The number of nitrogens with two attached hydrogens (primary N) is 1. The fraction of sp³-hybridized carbons (Fsp3) is 0.300. The van der Waals surface area contributed by atoms with Crippen LogP contribution in [0, 0.1) is 0 Å². The van der Waals surface area contributed by atoms with E-state index in [2.05, 4.69) is 20.1 Å². The van der Waals surface area contributed by atoms with E-state index in [-0.39, 0.29) is 5.95 Å². The van der Waals surface area contributed by atoms with Crippen molar-refractivity contribution in [2.45, 2.75) is 25.7 Å². The molecule has 11 heteroatoms. The van der Waals surface area contributed by atoms with Crippen molar-refractivity contribution in [2.24, 2.45) is 0 Å². The Hall–Kier alpha value is -3.47. The number of para-hydroxylation sites is 1. The second-order valence-electron chi connectivity index (χ2n) is 7.38. The molecule has 0 saturated carbocycles. The Labute approximate surface area is 174 Å². The van der Waals surface area contributed by atoms with Crippen LogP contribution >= 0.6 is 0 Å². The molecular weight excluding hydrogens is 411 g/mol. The number of fused-ring (bicyclic) bond motifs is 4. The number of methoxy groups -OCH3 is 1. The molecule has 31 heavy (non-hydrogen) atoms. The summed E-state index contributed by atoms with van der Waals surface area (Å²) in [5, 5.41) is 5.21. The first-order valence-electron chi connectivity index (χ1n) is 9.58. The van der Waals surface area contributed by atoms with Crippen LogP contribution in [-0.2, 0) is 25.7 Å². The topological polar surface area (TPSA) is 94.5 Å². The SMILES string of the molecule is COc1cccc2c1nc(N)n1nc(CN3CCc4ncc(C(F)(F)F)cc4C3)nc21. The Kier molecular flexibility index (Phi) is 4.43. The number of ether oxygens (including phenoxy) is 1. The fourth-order valence-electron chi connectivity index (χ4n) is 3.88. The monoisotopic (exact) mass is 429 g/mol. The fourth-order valence-corrected chi connectivity index (χ4v) is 3.88. The molecule has 1 aromatic carbocycles. The Bertz CT molecular complexity index is 1300. The van der Waals surface area contributed by atoms with E-state index in [1.54, 1.807) is 13.2 Å². The van der Waals surface area contributed by atoms with E-state index in [9.17, 15) is 13.2 Å². The van der Waals surface area contributed by atoms with Gasteiger partial charge in [0.2, 0.25) is 5.95 Å². The predicted molar refractivity (Wildman–Crippen MR) is 106 cm³/mol. The van der Waals surface area contributed by atoms with Crippen LogP contribution in [0.25, 0.3) is 16.6 Å². The molecule has 0 aliphatic carbocycles. The third kappa shape index (κ3) is 3.40. The van der Waals surface area contributed by atoms with E-state index in [1.165, 1.54) is 10.6 Å². The molecule has 0 spiro atoms. The van der Waals surface area contributed by atoms with Gasteiger partial charge in [0, 0.05) is 36.8 Å².